The Morgan fingerprint density at radius 3 is 2.23 bits per heavy atom. The van der Waals surface area contributed by atoms with Crippen molar-refractivity contribution < 1.29 is 14.7 Å². The molecule has 2 N–H and O–H groups in total. The predicted octanol–water partition coefficient (Wildman–Crippen LogP) is 4.82. The number of hydrogen-bond donors (Lipinski definition) is 2. The van der Waals surface area contributed by atoms with Crippen molar-refractivity contribution in [2.24, 2.45) is 0 Å². The maximum atomic E-state index is 12.9. The van der Waals surface area contributed by atoms with E-state index in [9.17, 15) is 14.7 Å². The summed E-state index contributed by atoms with van der Waals surface area (Å²) in [6.45, 7) is 5.36. The fourth-order valence-electron chi connectivity index (χ4n) is 3.67. The Morgan fingerprint density at radius 2 is 1.68 bits per heavy atom. The van der Waals surface area contributed by atoms with E-state index in [1.165, 1.54) is 0 Å². The highest BCUT2D eigenvalue weighted by atomic mass is 35.5. The number of amides is 3. The standard InChI is InChI=1S/C23H27Cl2N3O3/c1-3-27(21(29)17-6-4-16(2)5-7-17)15-23(31)8-10-28(11-9-23)22(30)26-20-13-18(24)12-19(25)14-20/h4-7,12-14,31H,3,8-11,15H2,1-2H3,(H,26,30). The van der Waals surface area contributed by atoms with E-state index in [2.05, 4.69) is 5.32 Å². The first-order valence-corrected chi connectivity index (χ1v) is 11.0. The SMILES string of the molecule is CCN(CC1(O)CCN(C(=O)Nc2cc(Cl)cc(Cl)c2)CC1)C(=O)c1ccc(C)cc1. The first kappa shape index (κ1) is 23.4. The number of likely N-dealkylation sites (N-methyl/N-ethyl adjacent to an activating group) is 1. The summed E-state index contributed by atoms with van der Waals surface area (Å²) in [4.78, 5) is 28.7. The first-order valence-electron chi connectivity index (χ1n) is 10.3. The van der Waals surface area contributed by atoms with Gasteiger partial charge in [-0.1, -0.05) is 40.9 Å². The summed E-state index contributed by atoms with van der Waals surface area (Å²) in [7, 11) is 0. The molecule has 1 saturated heterocycles. The van der Waals surface area contributed by atoms with Crippen LogP contribution in [0.1, 0.15) is 35.7 Å². The number of halogens is 2. The van der Waals surface area contributed by atoms with E-state index >= 15 is 0 Å². The Morgan fingerprint density at radius 1 is 1.10 bits per heavy atom. The summed E-state index contributed by atoms with van der Waals surface area (Å²) in [6.07, 6.45) is 0.767. The van der Waals surface area contributed by atoms with Crippen molar-refractivity contribution >= 4 is 40.8 Å². The number of likely N-dealkylation sites (tertiary alicyclic amines) is 1. The minimum atomic E-state index is -1.04. The molecular formula is C23H27Cl2N3O3. The van der Waals surface area contributed by atoms with E-state index in [1.807, 2.05) is 26.0 Å². The molecule has 3 amide bonds. The normalized spacial score (nSPS) is 15.5. The number of urea groups is 1. The summed E-state index contributed by atoms with van der Waals surface area (Å²) in [5.74, 6) is -0.103. The zero-order valence-electron chi connectivity index (χ0n) is 17.7. The number of carbonyl (C=O) groups is 2. The van der Waals surface area contributed by atoms with Gasteiger partial charge >= 0.3 is 6.03 Å². The van der Waals surface area contributed by atoms with Gasteiger partial charge in [0.1, 0.15) is 0 Å². The van der Waals surface area contributed by atoms with Crippen molar-refractivity contribution in [2.45, 2.75) is 32.3 Å². The largest absolute Gasteiger partial charge is 0.388 e. The first-order chi connectivity index (χ1) is 14.7. The van der Waals surface area contributed by atoms with Gasteiger partial charge in [-0.15, -0.1) is 0 Å². The van der Waals surface area contributed by atoms with E-state index in [4.69, 9.17) is 23.2 Å². The van der Waals surface area contributed by atoms with Gasteiger partial charge in [-0.05, 0) is 57.0 Å². The third kappa shape index (κ3) is 6.12. The Balaban J connectivity index is 1.58. The average molecular weight is 464 g/mol. The highest BCUT2D eigenvalue weighted by molar-refractivity contribution is 6.35. The van der Waals surface area contributed by atoms with Gasteiger partial charge in [-0.3, -0.25) is 4.79 Å². The Labute approximate surface area is 192 Å². The third-order valence-corrected chi connectivity index (χ3v) is 5.98. The van der Waals surface area contributed by atoms with Gasteiger partial charge in [0.2, 0.25) is 0 Å². The minimum Gasteiger partial charge on any atom is -0.388 e. The molecule has 1 aliphatic rings. The van der Waals surface area contributed by atoms with Crippen LogP contribution in [0.4, 0.5) is 10.5 Å². The lowest BCUT2D eigenvalue weighted by Gasteiger charge is -2.40. The highest BCUT2D eigenvalue weighted by Gasteiger charge is 2.36. The fourth-order valence-corrected chi connectivity index (χ4v) is 4.20. The van der Waals surface area contributed by atoms with Crippen LogP contribution in [0, 0.1) is 6.92 Å². The second-order valence-corrected chi connectivity index (χ2v) is 8.86. The zero-order valence-corrected chi connectivity index (χ0v) is 19.2. The van der Waals surface area contributed by atoms with Crippen LogP contribution in [0.3, 0.4) is 0 Å². The molecular weight excluding hydrogens is 437 g/mol. The molecule has 0 bridgehead atoms. The van der Waals surface area contributed by atoms with E-state index in [0.717, 1.165) is 5.56 Å². The number of aliphatic hydroxyl groups is 1. The number of carbonyl (C=O) groups excluding carboxylic acids is 2. The van der Waals surface area contributed by atoms with Gasteiger partial charge in [0.15, 0.2) is 0 Å². The lowest BCUT2D eigenvalue weighted by Crippen LogP contribution is -2.53. The second kappa shape index (κ2) is 9.90. The summed E-state index contributed by atoms with van der Waals surface area (Å²) in [5.41, 5.74) is 1.17. The highest BCUT2D eigenvalue weighted by Crippen LogP contribution is 2.26. The van der Waals surface area contributed by atoms with E-state index < -0.39 is 5.60 Å². The molecule has 166 valence electrons. The van der Waals surface area contributed by atoms with Crippen LogP contribution in [0.5, 0.6) is 0 Å². The molecule has 0 unspecified atom stereocenters. The maximum Gasteiger partial charge on any atom is 0.321 e. The number of piperidine rings is 1. The molecule has 0 saturated carbocycles. The number of hydrogen-bond acceptors (Lipinski definition) is 3. The maximum absolute atomic E-state index is 12.9. The van der Waals surface area contributed by atoms with E-state index in [1.54, 1.807) is 40.1 Å². The molecule has 1 fully saturated rings. The number of nitrogens with zero attached hydrogens (tertiary/aromatic N) is 2. The smallest absolute Gasteiger partial charge is 0.321 e. The Hall–Kier alpha value is -2.28. The predicted molar refractivity (Wildman–Crippen MR) is 124 cm³/mol. The molecule has 0 aliphatic carbocycles. The fraction of sp³-hybridized carbons (Fsp3) is 0.391. The van der Waals surface area contributed by atoms with Gasteiger partial charge in [0.25, 0.3) is 5.91 Å². The van der Waals surface area contributed by atoms with Crippen LogP contribution in [0.2, 0.25) is 10.0 Å². The minimum absolute atomic E-state index is 0.103. The van der Waals surface area contributed by atoms with Crippen molar-refractivity contribution in [3.05, 3.63) is 63.6 Å². The van der Waals surface area contributed by atoms with Crippen molar-refractivity contribution in [1.82, 2.24) is 9.80 Å². The van der Waals surface area contributed by atoms with Crippen LogP contribution in [-0.4, -0.2) is 58.6 Å². The average Bonchev–Trinajstić information content (AvgIpc) is 2.72. The lowest BCUT2D eigenvalue weighted by molar-refractivity contribution is -0.0323. The molecule has 1 aliphatic heterocycles. The molecule has 0 atom stereocenters. The summed E-state index contributed by atoms with van der Waals surface area (Å²) >= 11 is 12.0. The molecule has 2 aromatic carbocycles. The van der Waals surface area contributed by atoms with Crippen molar-refractivity contribution in [3.8, 4) is 0 Å². The summed E-state index contributed by atoms with van der Waals surface area (Å²) < 4.78 is 0. The summed E-state index contributed by atoms with van der Waals surface area (Å²) in [6, 6.07) is 12.0. The molecule has 8 heteroatoms. The van der Waals surface area contributed by atoms with Crippen molar-refractivity contribution in [1.29, 1.82) is 0 Å². The Kier molecular flexibility index (Phi) is 7.46. The second-order valence-electron chi connectivity index (χ2n) is 7.99. The molecule has 31 heavy (non-hydrogen) atoms. The van der Waals surface area contributed by atoms with Gasteiger partial charge in [-0.25, -0.2) is 4.79 Å². The quantitative estimate of drug-likeness (QED) is 0.666. The molecule has 3 rings (SSSR count). The Bertz CT molecular complexity index is 921. The van der Waals surface area contributed by atoms with Gasteiger partial charge in [0.05, 0.1) is 5.60 Å². The molecule has 6 nitrogen and oxygen atoms in total. The number of rotatable bonds is 5. The molecule has 2 aromatic rings. The van der Waals surface area contributed by atoms with Gasteiger partial charge in [-0.2, -0.15) is 0 Å². The zero-order chi connectivity index (χ0) is 22.6. The van der Waals surface area contributed by atoms with E-state index in [0.29, 0.717) is 53.8 Å². The lowest BCUT2D eigenvalue weighted by atomic mass is 9.90. The topological polar surface area (TPSA) is 72.9 Å². The number of aryl methyl sites for hydroxylation is 1. The molecule has 0 aromatic heterocycles. The molecule has 1 heterocycles. The molecule has 0 spiro atoms. The van der Waals surface area contributed by atoms with Crippen LogP contribution >= 0.6 is 23.2 Å². The third-order valence-electron chi connectivity index (χ3n) is 5.55. The van der Waals surface area contributed by atoms with Crippen molar-refractivity contribution in [3.63, 3.8) is 0 Å². The van der Waals surface area contributed by atoms with Crippen LogP contribution < -0.4 is 5.32 Å². The van der Waals surface area contributed by atoms with E-state index in [-0.39, 0.29) is 18.5 Å². The molecule has 0 radical (unpaired) electrons. The van der Waals surface area contributed by atoms with Gasteiger partial charge < -0.3 is 20.2 Å². The number of anilines is 1. The van der Waals surface area contributed by atoms with Crippen LogP contribution in [0.25, 0.3) is 0 Å². The van der Waals surface area contributed by atoms with Crippen molar-refractivity contribution in [2.75, 3.05) is 31.5 Å². The number of benzene rings is 2. The van der Waals surface area contributed by atoms with Crippen LogP contribution in [-0.2, 0) is 0 Å². The van der Waals surface area contributed by atoms with Gasteiger partial charge in [0, 0.05) is 47.5 Å². The number of nitrogens with one attached hydrogen (secondary N) is 1. The van der Waals surface area contributed by atoms with Crippen LogP contribution in [0.15, 0.2) is 42.5 Å². The summed E-state index contributed by atoms with van der Waals surface area (Å²) in [5, 5.41) is 14.8. The monoisotopic (exact) mass is 463 g/mol.